The molecule has 2 bridgehead atoms. The summed E-state index contributed by atoms with van der Waals surface area (Å²) in [5.74, 6) is 0.276. The number of nitrogens with zero attached hydrogens (tertiary/aromatic N) is 1. The number of alkyl halides is 2. The Bertz CT molecular complexity index is 181. The molecule has 0 aromatic carbocycles. The Kier molecular flexibility index (Phi) is 1.73. The van der Waals surface area contributed by atoms with Crippen LogP contribution >= 0.6 is 22.6 Å². The Morgan fingerprint density at radius 1 is 1.64 bits per heavy atom. The molecule has 2 rings (SSSR count). The second-order valence-electron chi connectivity index (χ2n) is 3.87. The van der Waals surface area contributed by atoms with Gasteiger partial charge in [-0.25, -0.2) is 4.39 Å². The molecule has 1 aliphatic carbocycles. The molecule has 2 fully saturated rings. The highest BCUT2D eigenvalue weighted by Gasteiger charge is 2.56. The SMILES string of the molecule is C[C@@H]1C2CC(CC2(F)I)N1C. The predicted molar refractivity (Wildman–Crippen MR) is 51.6 cm³/mol. The maximum absolute atomic E-state index is 13.7. The number of hydrogen-bond donors (Lipinski definition) is 0. The van der Waals surface area contributed by atoms with Crippen LogP contribution in [0.4, 0.5) is 4.39 Å². The van der Waals surface area contributed by atoms with Gasteiger partial charge in [0.2, 0.25) is 0 Å². The first kappa shape index (κ1) is 8.23. The van der Waals surface area contributed by atoms with E-state index < -0.39 is 3.68 Å². The summed E-state index contributed by atoms with van der Waals surface area (Å²) in [5.41, 5.74) is 0. The van der Waals surface area contributed by atoms with Crippen LogP contribution in [0, 0.1) is 5.92 Å². The highest BCUT2D eigenvalue weighted by molar-refractivity contribution is 14.1. The number of halogens is 2. The van der Waals surface area contributed by atoms with E-state index in [1.807, 2.05) is 22.6 Å². The van der Waals surface area contributed by atoms with Crippen LogP contribution in [0.15, 0.2) is 0 Å². The lowest BCUT2D eigenvalue weighted by Gasteiger charge is -2.35. The quantitative estimate of drug-likeness (QED) is 0.481. The lowest BCUT2D eigenvalue weighted by Crippen LogP contribution is -2.43. The Morgan fingerprint density at radius 2 is 2.27 bits per heavy atom. The third-order valence-electron chi connectivity index (χ3n) is 3.38. The zero-order valence-corrected chi connectivity index (χ0v) is 9.01. The van der Waals surface area contributed by atoms with Crippen molar-refractivity contribution in [2.75, 3.05) is 7.05 Å². The molecule has 1 heterocycles. The Morgan fingerprint density at radius 3 is 2.64 bits per heavy atom. The number of piperidine rings is 1. The topological polar surface area (TPSA) is 3.24 Å². The molecule has 0 radical (unpaired) electrons. The Hall–Kier alpha value is 0.620. The largest absolute Gasteiger partial charge is 0.300 e. The van der Waals surface area contributed by atoms with E-state index in [2.05, 4.69) is 18.9 Å². The molecule has 1 saturated carbocycles. The maximum Gasteiger partial charge on any atom is 0.167 e. The number of likely N-dealkylation sites (tertiary alicyclic amines) is 1. The predicted octanol–water partition coefficient (Wildman–Crippen LogP) is 2.20. The van der Waals surface area contributed by atoms with Crippen molar-refractivity contribution in [3.8, 4) is 0 Å². The van der Waals surface area contributed by atoms with Gasteiger partial charge >= 0.3 is 0 Å². The fourth-order valence-electron chi connectivity index (χ4n) is 2.49. The highest BCUT2D eigenvalue weighted by Crippen LogP contribution is 2.53. The summed E-state index contributed by atoms with van der Waals surface area (Å²) in [4.78, 5) is 2.32. The second-order valence-corrected chi connectivity index (χ2v) is 5.66. The van der Waals surface area contributed by atoms with Gasteiger partial charge in [0.1, 0.15) is 0 Å². The molecule has 2 aliphatic rings. The van der Waals surface area contributed by atoms with E-state index in [0.29, 0.717) is 12.1 Å². The molecule has 4 atom stereocenters. The highest BCUT2D eigenvalue weighted by atomic mass is 127. The fraction of sp³-hybridized carbons (Fsp3) is 1.00. The molecule has 1 aliphatic heterocycles. The first-order valence-corrected chi connectivity index (χ1v) is 5.20. The maximum atomic E-state index is 13.7. The van der Waals surface area contributed by atoms with E-state index in [-0.39, 0.29) is 5.92 Å². The molecular weight excluding hydrogens is 256 g/mol. The minimum Gasteiger partial charge on any atom is -0.300 e. The van der Waals surface area contributed by atoms with Gasteiger partial charge < -0.3 is 4.90 Å². The van der Waals surface area contributed by atoms with Crippen molar-refractivity contribution in [2.45, 2.75) is 35.5 Å². The van der Waals surface area contributed by atoms with Gasteiger partial charge in [-0.1, -0.05) is 0 Å². The van der Waals surface area contributed by atoms with Gasteiger partial charge in [-0.2, -0.15) is 0 Å². The molecule has 3 heteroatoms. The van der Waals surface area contributed by atoms with E-state index >= 15 is 0 Å². The van der Waals surface area contributed by atoms with Crippen molar-refractivity contribution < 1.29 is 4.39 Å². The van der Waals surface area contributed by atoms with Crippen LogP contribution in [0.5, 0.6) is 0 Å². The van der Waals surface area contributed by atoms with E-state index in [4.69, 9.17) is 0 Å². The van der Waals surface area contributed by atoms with E-state index in [9.17, 15) is 4.39 Å². The average molecular weight is 269 g/mol. The molecule has 3 unspecified atom stereocenters. The van der Waals surface area contributed by atoms with Crippen LogP contribution in [-0.4, -0.2) is 27.7 Å². The van der Waals surface area contributed by atoms with Gasteiger partial charge in [0.15, 0.2) is 3.68 Å². The van der Waals surface area contributed by atoms with Gasteiger partial charge in [-0.05, 0) is 43.0 Å². The Labute approximate surface area is 80.5 Å². The minimum atomic E-state index is -0.908. The lowest BCUT2D eigenvalue weighted by atomic mass is 9.99. The first-order chi connectivity index (χ1) is 5.02. The van der Waals surface area contributed by atoms with Gasteiger partial charge in [0.25, 0.3) is 0 Å². The zero-order chi connectivity index (χ0) is 8.22. The van der Waals surface area contributed by atoms with Crippen LogP contribution in [0.1, 0.15) is 19.8 Å². The van der Waals surface area contributed by atoms with Crippen molar-refractivity contribution >= 4 is 22.6 Å². The molecule has 0 aromatic rings. The normalized spacial score (nSPS) is 57.3. The molecule has 0 N–H and O–H groups in total. The fourth-order valence-corrected chi connectivity index (χ4v) is 3.77. The summed E-state index contributed by atoms with van der Waals surface area (Å²) >= 11 is 1.99. The van der Waals surface area contributed by atoms with Crippen LogP contribution in [0.25, 0.3) is 0 Å². The van der Waals surface area contributed by atoms with Gasteiger partial charge in [-0.3, -0.25) is 0 Å². The molecule has 1 saturated heterocycles. The van der Waals surface area contributed by atoms with Crippen LogP contribution in [0.2, 0.25) is 0 Å². The third-order valence-corrected chi connectivity index (χ3v) is 4.62. The van der Waals surface area contributed by atoms with Crippen LogP contribution in [0.3, 0.4) is 0 Å². The number of rotatable bonds is 0. The monoisotopic (exact) mass is 269 g/mol. The molecular formula is C8H13FIN. The van der Waals surface area contributed by atoms with Crippen molar-refractivity contribution in [2.24, 2.45) is 5.92 Å². The Balaban J connectivity index is 2.23. The number of hydrogen-bond acceptors (Lipinski definition) is 1. The third kappa shape index (κ3) is 1.03. The smallest absolute Gasteiger partial charge is 0.167 e. The van der Waals surface area contributed by atoms with Crippen molar-refractivity contribution in [3.63, 3.8) is 0 Å². The summed E-state index contributed by atoms with van der Waals surface area (Å²) < 4.78 is 12.8. The van der Waals surface area contributed by atoms with Gasteiger partial charge in [0, 0.05) is 24.4 Å². The number of fused-ring (bicyclic) bond motifs is 2. The molecule has 1 nitrogen and oxygen atoms in total. The summed E-state index contributed by atoms with van der Waals surface area (Å²) in [5, 5.41) is 0. The van der Waals surface area contributed by atoms with Crippen molar-refractivity contribution in [3.05, 3.63) is 0 Å². The van der Waals surface area contributed by atoms with E-state index in [1.54, 1.807) is 0 Å². The van der Waals surface area contributed by atoms with Crippen LogP contribution in [-0.2, 0) is 0 Å². The molecule has 0 spiro atoms. The molecule has 0 aromatic heterocycles. The average Bonchev–Trinajstić information content (AvgIpc) is 2.31. The summed E-state index contributed by atoms with van der Waals surface area (Å²) in [6.07, 6.45) is 1.80. The lowest BCUT2D eigenvalue weighted by molar-refractivity contribution is 0.103. The molecule has 11 heavy (non-hydrogen) atoms. The standard InChI is InChI=1S/C8H13FIN/c1-5-7-3-6(11(5)2)4-8(7,9)10/h5-7H,3-4H2,1-2H3/t5-,6?,7?,8?/m1/s1. The van der Waals surface area contributed by atoms with Crippen LogP contribution < -0.4 is 0 Å². The molecule has 64 valence electrons. The summed E-state index contributed by atoms with van der Waals surface area (Å²) in [6, 6.07) is 0.951. The van der Waals surface area contributed by atoms with Crippen molar-refractivity contribution in [1.29, 1.82) is 0 Å². The first-order valence-electron chi connectivity index (χ1n) is 4.12. The van der Waals surface area contributed by atoms with Gasteiger partial charge in [0.05, 0.1) is 0 Å². The second kappa shape index (κ2) is 2.31. The van der Waals surface area contributed by atoms with E-state index in [1.165, 1.54) is 0 Å². The summed E-state index contributed by atoms with van der Waals surface area (Å²) in [7, 11) is 2.11. The minimum absolute atomic E-state index is 0.276. The molecule has 0 amide bonds. The summed E-state index contributed by atoms with van der Waals surface area (Å²) in [6.45, 7) is 2.14. The van der Waals surface area contributed by atoms with E-state index in [0.717, 1.165) is 12.8 Å². The zero-order valence-electron chi connectivity index (χ0n) is 6.85. The van der Waals surface area contributed by atoms with Gasteiger partial charge in [-0.15, -0.1) is 0 Å². The van der Waals surface area contributed by atoms with Crippen molar-refractivity contribution in [1.82, 2.24) is 4.90 Å².